The van der Waals surface area contributed by atoms with Crippen LogP contribution in [0.5, 0.6) is 11.5 Å². The molecule has 4 rings (SSSR count). The Labute approximate surface area is 204 Å². The van der Waals surface area contributed by atoms with Crippen LogP contribution in [-0.2, 0) is 14.3 Å². The van der Waals surface area contributed by atoms with Crippen molar-refractivity contribution in [3.63, 3.8) is 0 Å². The van der Waals surface area contributed by atoms with Crippen LogP contribution in [0.15, 0.2) is 58.7 Å². The molecule has 1 unspecified atom stereocenters. The lowest BCUT2D eigenvalue weighted by molar-refractivity contribution is -0.146. The van der Waals surface area contributed by atoms with Gasteiger partial charge in [-0.05, 0) is 48.9 Å². The maximum absolute atomic E-state index is 13.6. The van der Waals surface area contributed by atoms with Crippen LogP contribution in [0, 0.1) is 5.92 Å². The number of methoxy groups -OCH3 is 1. The number of ether oxygens (including phenoxy) is 2. The number of carbonyl (C=O) groups excluding carboxylic acids is 2. The van der Waals surface area contributed by atoms with E-state index in [1.807, 2.05) is 37.3 Å². The van der Waals surface area contributed by atoms with Crippen LogP contribution in [0.2, 0.25) is 5.02 Å². The number of phenolic OH excluding ortho intramolecular Hbond substituents is 1. The van der Waals surface area contributed by atoms with Gasteiger partial charge in [0, 0.05) is 29.3 Å². The van der Waals surface area contributed by atoms with Gasteiger partial charge in [0.2, 0.25) is 0 Å². The minimum absolute atomic E-state index is 0.0196. The molecule has 2 aromatic rings. The summed E-state index contributed by atoms with van der Waals surface area (Å²) in [7, 11) is 1.43. The fraction of sp³-hybridized carbons (Fsp3) is 0.370. The van der Waals surface area contributed by atoms with Crippen molar-refractivity contribution in [3.05, 3.63) is 69.9 Å². The molecule has 0 radical (unpaired) electrons. The van der Waals surface area contributed by atoms with Crippen molar-refractivity contribution in [2.45, 2.75) is 44.9 Å². The minimum atomic E-state index is -0.771. The van der Waals surface area contributed by atoms with Crippen LogP contribution in [-0.4, -0.2) is 36.3 Å². The van der Waals surface area contributed by atoms with E-state index in [-0.39, 0.29) is 34.8 Å². The Morgan fingerprint density at radius 1 is 1.18 bits per heavy atom. The van der Waals surface area contributed by atoms with Crippen LogP contribution in [0.25, 0.3) is 0 Å². The smallest absolute Gasteiger partial charge is 0.315 e. The van der Waals surface area contributed by atoms with Crippen LogP contribution in [0.3, 0.4) is 0 Å². The number of halogens is 1. The zero-order valence-corrected chi connectivity index (χ0v) is 20.3. The summed E-state index contributed by atoms with van der Waals surface area (Å²) in [5.41, 5.74) is 3.49. The lowest BCUT2D eigenvalue weighted by Gasteiger charge is -2.36. The second-order valence-electron chi connectivity index (χ2n) is 8.73. The molecule has 0 bridgehead atoms. The maximum Gasteiger partial charge on any atom is 0.315 e. The number of hydrogen-bond acceptors (Lipinski definition) is 6. The Kier molecular flexibility index (Phi) is 7.08. The van der Waals surface area contributed by atoms with Gasteiger partial charge in [0.05, 0.1) is 18.7 Å². The molecule has 1 aliphatic heterocycles. The van der Waals surface area contributed by atoms with E-state index in [2.05, 4.69) is 0 Å². The third kappa shape index (κ3) is 4.47. The normalized spacial score (nSPS) is 22.2. The van der Waals surface area contributed by atoms with E-state index in [1.54, 1.807) is 19.1 Å². The molecule has 0 saturated heterocycles. The lowest BCUT2D eigenvalue weighted by atomic mass is 9.69. The molecular formula is C27H28ClNO5. The second kappa shape index (κ2) is 10.0. The number of allylic oxidation sites excluding steroid dienone is 2. The number of rotatable bonds is 6. The van der Waals surface area contributed by atoms with Gasteiger partial charge in [-0.15, -0.1) is 0 Å². The number of carbonyl (C=O) groups is 2. The Morgan fingerprint density at radius 2 is 1.91 bits per heavy atom. The SMILES string of the molecule is CCCOC(=O)C1C(C)=NC2=C(C(=O)C[C@H](c3ccccc3)C2)[C@H]1c1cc(Cl)c(O)c(OC)c1. The van der Waals surface area contributed by atoms with Crippen LogP contribution < -0.4 is 4.74 Å². The molecule has 0 amide bonds. The number of aliphatic imine (C=N–C) groups is 1. The third-order valence-corrected chi connectivity index (χ3v) is 6.78. The van der Waals surface area contributed by atoms with Crippen molar-refractivity contribution >= 4 is 29.1 Å². The van der Waals surface area contributed by atoms with E-state index in [4.69, 9.17) is 26.1 Å². The topological polar surface area (TPSA) is 85.2 Å². The molecule has 6 nitrogen and oxygen atoms in total. The number of phenols is 1. The van der Waals surface area contributed by atoms with Crippen LogP contribution >= 0.6 is 11.6 Å². The molecule has 0 saturated carbocycles. The quantitative estimate of drug-likeness (QED) is 0.544. The predicted octanol–water partition coefficient (Wildman–Crippen LogP) is 5.58. The number of esters is 1. The molecule has 34 heavy (non-hydrogen) atoms. The number of nitrogens with zero attached hydrogens (tertiary/aromatic N) is 1. The maximum atomic E-state index is 13.6. The van der Waals surface area contributed by atoms with Gasteiger partial charge in [0.15, 0.2) is 17.3 Å². The van der Waals surface area contributed by atoms with Gasteiger partial charge in [-0.1, -0.05) is 48.9 Å². The molecule has 1 aliphatic carbocycles. The van der Waals surface area contributed by atoms with E-state index in [9.17, 15) is 14.7 Å². The van der Waals surface area contributed by atoms with Gasteiger partial charge in [-0.2, -0.15) is 0 Å². The first kappa shape index (κ1) is 24.0. The summed E-state index contributed by atoms with van der Waals surface area (Å²) in [5, 5.41) is 10.3. The molecule has 0 spiro atoms. The number of hydrogen-bond donors (Lipinski definition) is 1. The largest absolute Gasteiger partial charge is 0.503 e. The first-order valence-electron chi connectivity index (χ1n) is 11.4. The highest BCUT2D eigenvalue weighted by Gasteiger charge is 2.45. The van der Waals surface area contributed by atoms with Gasteiger partial charge in [0.25, 0.3) is 0 Å². The zero-order valence-electron chi connectivity index (χ0n) is 19.5. The number of aromatic hydroxyl groups is 1. The van der Waals surface area contributed by atoms with Gasteiger partial charge in [0.1, 0.15) is 5.92 Å². The first-order valence-corrected chi connectivity index (χ1v) is 11.8. The van der Waals surface area contributed by atoms with Crippen molar-refractivity contribution in [1.29, 1.82) is 0 Å². The second-order valence-corrected chi connectivity index (χ2v) is 9.14. The molecule has 7 heteroatoms. The first-order chi connectivity index (χ1) is 16.3. The monoisotopic (exact) mass is 481 g/mol. The molecule has 0 aromatic heterocycles. The van der Waals surface area contributed by atoms with E-state index in [0.717, 1.165) is 5.56 Å². The molecule has 2 aliphatic rings. The van der Waals surface area contributed by atoms with Crippen molar-refractivity contribution in [3.8, 4) is 11.5 Å². The van der Waals surface area contributed by atoms with E-state index in [1.165, 1.54) is 7.11 Å². The fourth-order valence-electron chi connectivity index (χ4n) is 4.91. The summed E-state index contributed by atoms with van der Waals surface area (Å²) >= 11 is 6.30. The number of Topliss-reactive ketones (excluding diaryl/α,β-unsaturated/α-hetero) is 1. The molecule has 178 valence electrons. The van der Waals surface area contributed by atoms with Crippen molar-refractivity contribution in [1.82, 2.24) is 0 Å². The Morgan fingerprint density at radius 3 is 2.59 bits per heavy atom. The van der Waals surface area contributed by atoms with E-state index in [0.29, 0.717) is 41.8 Å². The third-order valence-electron chi connectivity index (χ3n) is 6.49. The van der Waals surface area contributed by atoms with Gasteiger partial charge < -0.3 is 14.6 Å². The van der Waals surface area contributed by atoms with E-state index >= 15 is 0 Å². The molecule has 3 atom stereocenters. The highest BCUT2D eigenvalue weighted by atomic mass is 35.5. The zero-order chi connectivity index (χ0) is 24.4. The van der Waals surface area contributed by atoms with Crippen LogP contribution in [0.4, 0.5) is 0 Å². The van der Waals surface area contributed by atoms with Crippen molar-refractivity contribution in [2.75, 3.05) is 13.7 Å². The molecular weight excluding hydrogens is 454 g/mol. The lowest BCUT2D eigenvalue weighted by Crippen LogP contribution is -2.38. The molecule has 0 fully saturated rings. The van der Waals surface area contributed by atoms with Gasteiger partial charge in [-0.25, -0.2) is 0 Å². The number of benzene rings is 2. The summed E-state index contributed by atoms with van der Waals surface area (Å²) in [4.78, 5) is 31.5. The minimum Gasteiger partial charge on any atom is -0.503 e. The highest BCUT2D eigenvalue weighted by molar-refractivity contribution is 6.32. The predicted molar refractivity (Wildman–Crippen MR) is 131 cm³/mol. The Hall–Kier alpha value is -3.12. The highest BCUT2D eigenvalue weighted by Crippen LogP contribution is 2.49. The van der Waals surface area contributed by atoms with E-state index < -0.39 is 17.8 Å². The average molecular weight is 482 g/mol. The Bertz CT molecular complexity index is 1170. The summed E-state index contributed by atoms with van der Waals surface area (Å²) in [6, 6.07) is 13.1. The van der Waals surface area contributed by atoms with Gasteiger partial charge in [-0.3, -0.25) is 14.6 Å². The number of ketones is 1. The summed E-state index contributed by atoms with van der Waals surface area (Å²) in [5.74, 6) is -1.87. The Balaban J connectivity index is 1.84. The van der Waals surface area contributed by atoms with Crippen LogP contribution in [0.1, 0.15) is 56.1 Å². The molecule has 1 N–H and O–H groups in total. The fourth-order valence-corrected chi connectivity index (χ4v) is 5.13. The standard InChI is InChI=1S/C27H28ClNO5/c1-4-10-34-27(32)23-15(2)29-20-12-17(16-8-6-5-7-9-16)13-21(30)25(20)24(23)18-11-19(28)26(31)22(14-18)33-3/h5-9,11,14,17,23-24,31H,4,10,12-13H2,1-3H3/t17-,23?,24+/m1/s1. The van der Waals surface area contributed by atoms with Gasteiger partial charge >= 0.3 is 5.97 Å². The van der Waals surface area contributed by atoms with Crippen molar-refractivity contribution in [2.24, 2.45) is 10.9 Å². The summed E-state index contributed by atoms with van der Waals surface area (Å²) in [6.07, 6.45) is 1.61. The molecule has 1 heterocycles. The summed E-state index contributed by atoms with van der Waals surface area (Å²) < 4.78 is 10.8. The van der Waals surface area contributed by atoms with Crippen molar-refractivity contribution < 1.29 is 24.2 Å². The summed E-state index contributed by atoms with van der Waals surface area (Å²) in [6.45, 7) is 4.00. The average Bonchev–Trinajstić information content (AvgIpc) is 2.83. The molecule has 2 aromatic carbocycles.